The molecule has 0 bridgehead atoms. The van der Waals surface area contributed by atoms with E-state index in [1.807, 2.05) is 18.2 Å². The van der Waals surface area contributed by atoms with Crippen LogP contribution in [-0.2, 0) is 4.74 Å². The van der Waals surface area contributed by atoms with Gasteiger partial charge in [-0.1, -0.05) is 12.1 Å². The predicted molar refractivity (Wildman–Crippen MR) is 87.4 cm³/mol. The van der Waals surface area contributed by atoms with Gasteiger partial charge in [0.2, 0.25) is 5.78 Å². The van der Waals surface area contributed by atoms with E-state index in [0.29, 0.717) is 16.1 Å². The molecule has 0 saturated heterocycles. The minimum absolute atomic E-state index is 0.179. The Labute approximate surface area is 136 Å². The Kier molecular flexibility index (Phi) is 4.08. The van der Waals surface area contributed by atoms with Gasteiger partial charge in [-0.3, -0.25) is 4.79 Å². The zero-order valence-electron chi connectivity index (χ0n) is 12.5. The average molecular weight is 327 g/mol. The van der Waals surface area contributed by atoms with Gasteiger partial charge in [0, 0.05) is 5.56 Å². The van der Waals surface area contributed by atoms with Crippen molar-refractivity contribution < 1.29 is 19.1 Å². The Hall–Kier alpha value is -2.73. The molecular formula is C17H13NO4S. The molecule has 2 aromatic carbocycles. The van der Waals surface area contributed by atoms with Crippen LogP contribution in [0.15, 0.2) is 42.5 Å². The van der Waals surface area contributed by atoms with E-state index >= 15 is 0 Å². The summed E-state index contributed by atoms with van der Waals surface area (Å²) in [6, 6.07) is 11.8. The van der Waals surface area contributed by atoms with Crippen LogP contribution in [-0.4, -0.2) is 31.0 Å². The number of ketones is 1. The third kappa shape index (κ3) is 2.93. The van der Waals surface area contributed by atoms with Crippen molar-refractivity contribution in [1.82, 2.24) is 4.98 Å². The van der Waals surface area contributed by atoms with Crippen molar-refractivity contribution in [3.63, 3.8) is 0 Å². The number of carbonyl (C=O) groups is 2. The molecule has 0 unspecified atom stereocenters. The van der Waals surface area contributed by atoms with E-state index in [1.165, 1.54) is 18.4 Å². The quantitative estimate of drug-likeness (QED) is 0.543. The molecule has 0 amide bonds. The third-order valence-corrected chi connectivity index (χ3v) is 4.37. The van der Waals surface area contributed by atoms with E-state index in [1.54, 1.807) is 31.4 Å². The molecule has 0 fully saturated rings. The summed E-state index contributed by atoms with van der Waals surface area (Å²) in [5.41, 5.74) is 1.63. The molecule has 23 heavy (non-hydrogen) atoms. The van der Waals surface area contributed by atoms with Gasteiger partial charge in [0.15, 0.2) is 5.01 Å². The molecule has 1 heterocycles. The lowest BCUT2D eigenvalue weighted by Gasteiger charge is -2.00. The first-order valence-corrected chi connectivity index (χ1v) is 7.61. The van der Waals surface area contributed by atoms with Gasteiger partial charge < -0.3 is 9.47 Å². The number of carbonyl (C=O) groups excluding carboxylic acids is 2. The maximum Gasteiger partial charge on any atom is 0.337 e. The zero-order valence-corrected chi connectivity index (χ0v) is 13.3. The van der Waals surface area contributed by atoms with Gasteiger partial charge in [-0.2, -0.15) is 0 Å². The highest BCUT2D eigenvalue weighted by atomic mass is 32.1. The predicted octanol–water partition coefficient (Wildman–Crippen LogP) is 3.32. The third-order valence-electron chi connectivity index (χ3n) is 3.36. The molecule has 0 aliphatic carbocycles. The van der Waals surface area contributed by atoms with Crippen LogP contribution >= 0.6 is 11.3 Å². The minimum atomic E-state index is -0.434. The number of nitrogens with zero attached hydrogens (tertiary/aromatic N) is 1. The number of rotatable bonds is 4. The summed E-state index contributed by atoms with van der Waals surface area (Å²) < 4.78 is 10.7. The monoisotopic (exact) mass is 327 g/mol. The number of hydrogen-bond acceptors (Lipinski definition) is 6. The van der Waals surface area contributed by atoms with E-state index in [4.69, 9.17) is 4.74 Å². The lowest BCUT2D eigenvalue weighted by molar-refractivity contribution is 0.0600. The van der Waals surface area contributed by atoms with Gasteiger partial charge in [-0.25, -0.2) is 9.78 Å². The first-order chi connectivity index (χ1) is 11.1. The number of esters is 1. The highest BCUT2D eigenvalue weighted by Gasteiger charge is 2.16. The molecule has 0 N–H and O–H groups in total. The van der Waals surface area contributed by atoms with E-state index in [9.17, 15) is 9.59 Å². The number of hydrogen-bond donors (Lipinski definition) is 0. The van der Waals surface area contributed by atoms with Crippen LogP contribution in [0.5, 0.6) is 5.75 Å². The molecule has 0 aliphatic heterocycles. The summed E-state index contributed by atoms with van der Waals surface area (Å²) >= 11 is 1.31. The molecule has 0 atom stereocenters. The normalized spacial score (nSPS) is 10.5. The fraction of sp³-hybridized carbons (Fsp3) is 0.118. The lowest BCUT2D eigenvalue weighted by Crippen LogP contribution is -2.04. The largest absolute Gasteiger partial charge is 0.497 e. The van der Waals surface area contributed by atoms with Gasteiger partial charge in [0.05, 0.1) is 30.0 Å². The van der Waals surface area contributed by atoms with Crippen LogP contribution in [0.4, 0.5) is 0 Å². The summed E-state index contributed by atoms with van der Waals surface area (Å²) in [6.45, 7) is 0. The lowest BCUT2D eigenvalue weighted by atomic mass is 10.1. The second-order valence-corrected chi connectivity index (χ2v) is 5.78. The van der Waals surface area contributed by atoms with Crippen molar-refractivity contribution in [2.75, 3.05) is 14.2 Å². The summed E-state index contributed by atoms with van der Waals surface area (Å²) in [4.78, 5) is 28.3. The molecule has 3 rings (SSSR count). The Morgan fingerprint density at radius 2 is 1.70 bits per heavy atom. The first-order valence-electron chi connectivity index (χ1n) is 6.80. The Morgan fingerprint density at radius 1 is 1.00 bits per heavy atom. The molecule has 0 aliphatic rings. The molecule has 3 aromatic rings. The molecule has 0 saturated carbocycles. The Morgan fingerprint density at radius 3 is 2.35 bits per heavy atom. The number of benzene rings is 2. The molecule has 0 radical (unpaired) electrons. The van der Waals surface area contributed by atoms with E-state index in [2.05, 4.69) is 9.72 Å². The topological polar surface area (TPSA) is 65.5 Å². The summed E-state index contributed by atoms with van der Waals surface area (Å²) in [6.07, 6.45) is 0. The maximum absolute atomic E-state index is 12.5. The van der Waals surface area contributed by atoms with Crippen LogP contribution in [0.25, 0.3) is 10.2 Å². The minimum Gasteiger partial charge on any atom is -0.497 e. The van der Waals surface area contributed by atoms with E-state index in [-0.39, 0.29) is 5.78 Å². The number of thiazole rings is 1. The van der Waals surface area contributed by atoms with Crippen molar-refractivity contribution in [2.45, 2.75) is 0 Å². The van der Waals surface area contributed by atoms with E-state index < -0.39 is 5.97 Å². The summed E-state index contributed by atoms with van der Waals surface area (Å²) in [5, 5.41) is 0.402. The van der Waals surface area contributed by atoms with Gasteiger partial charge >= 0.3 is 5.97 Å². The second kappa shape index (κ2) is 6.18. The standard InChI is InChI=1S/C17H13NO4S/c1-21-12-7-8-13-14(9-12)23-16(18-13)15(19)10-3-5-11(6-4-10)17(20)22-2/h3-9H,1-2H3. The number of aromatic nitrogens is 1. The van der Waals surface area contributed by atoms with Crippen LogP contribution in [0.3, 0.4) is 0 Å². The molecule has 116 valence electrons. The van der Waals surface area contributed by atoms with Crippen LogP contribution < -0.4 is 4.74 Å². The zero-order chi connectivity index (χ0) is 16.4. The second-order valence-electron chi connectivity index (χ2n) is 4.75. The van der Waals surface area contributed by atoms with Crippen molar-refractivity contribution in [1.29, 1.82) is 0 Å². The SMILES string of the molecule is COC(=O)c1ccc(C(=O)c2nc3ccc(OC)cc3s2)cc1. The maximum atomic E-state index is 12.5. The smallest absolute Gasteiger partial charge is 0.337 e. The molecule has 0 spiro atoms. The van der Waals surface area contributed by atoms with Crippen molar-refractivity contribution in [2.24, 2.45) is 0 Å². The Balaban J connectivity index is 1.92. The van der Waals surface area contributed by atoms with Gasteiger partial charge in [-0.05, 0) is 30.3 Å². The fourth-order valence-corrected chi connectivity index (χ4v) is 3.08. The summed E-state index contributed by atoms with van der Waals surface area (Å²) in [5.74, 6) is 0.111. The van der Waals surface area contributed by atoms with Crippen molar-refractivity contribution in [3.8, 4) is 5.75 Å². The van der Waals surface area contributed by atoms with Gasteiger partial charge in [0.25, 0.3) is 0 Å². The molecule has 1 aromatic heterocycles. The van der Waals surface area contributed by atoms with Gasteiger partial charge in [0.1, 0.15) is 5.75 Å². The first kappa shape index (κ1) is 15.2. The van der Waals surface area contributed by atoms with Gasteiger partial charge in [-0.15, -0.1) is 11.3 Å². The van der Waals surface area contributed by atoms with E-state index in [0.717, 1.165) is 16.0 Å². The Bertz CT molecular complexity index is 883. The van der Waals surface area contributed by atoms with Crippen molar-refractivity contribution in [3.05, 3.63) is 58.6 Å². The highest BCUT2D eigenvalue weighted by molar-refractivity contribution is 7.20. The molecule has 5 nitrogen and oxygen atoms in total. The van der Waals surface area contributed by atoms with Crippen LogP contribution in [0.2, 0.25) is 0 Å². The number of ether oxygens (including phenoxy) is 2. The van der Waals surface area contributed by atoms with Crippen LogP contribution in [0.1, 0.15) is 25.7 Å². The number of methoxy groups -OCH3 is 2. The molecular weight excluding hydrogens is 314 g/mol. The van der Waals surface area contributed by atoms with Crippen molar-refractivity contribution >= 4 is 33.3 Å². The number of fused-ring (bicyclic) bond motifs is 1. The fourth-order valence-electron chi connectivity index (χ4n) is 2.13. The summed E-state index contributed by atoms with van der Waals surface area (Å²) in [7, 11) is 2.91. The average Bonchev–Trinajstić information content (AvgIpc) is 3.03. The highest BCUT2D eigenvalue weighted by Crippen LogP contribution is 2.27. The van der Waals surface area contributed by atoms with Crippen LogP contribution in [0, 0.1) is 0 Å². The molecule has 6 heteroatoms.